The Labute approximate surface area is 206 Å². The third-order valence-electron chi connectivity index (χ3n) is 6.99. The molecule has 2 aromatic rings. The number of hydrogen-bond acceptors (Lipinski definition) is 4. The highest BCUT2D eigenvalue weighted by Gasteiger charge is 2.35. The first-order valence-electron chi connectivity index (χ1n) is 12.7. The van der Waals surface area contributed by atoms with Gasteiger partial charge in [-0.3, -0.25) is 0 Å². The van der Waals surface area contributed by atoms with E-state index in [9.17, 15) is 10.1 Å². The fourth-order valence-electron chi connectivity index (χ4n) is 4.34. The fraction of sp³-hybridized carbons (Fsp3) is 0.533. The van der Waals surface area contributed by atoms with Crippen molar-refractivity contribution in [1.29, 1.82) is 5.26 Å². The smallest absolute Gasteiger partial charge is 0.338 e. The third kappa shape index (κ3) is 7.43. The van der Waals surface area contributed by atoms with E-state index in [0.717, 1.165) is 56.3 Å². The highest BCUT2D eigenvalue weighted by atomic mass is 16.5. The Morgan fingerprint density at radius 3 is 2.50 bits per heavy atom. The predicted molar refractivity (Wildman–Crippen MR) is 140 cm³/mol. The summed E-state index contributed by atoms with van der Waals surface area (Å²) in [6, 6.07) is 16.9. The van der Waals surface area contributed by atoms with Gasteiger partial charge in [-0.2, -0.15) is 5.26 Å². The summed E-state index contributed by atoms with van der Waals surface area (Å²) in [5.74, 6) is 0.00117. The molecule has 0 N–H and O–H groups in total. The topological polar surface area (TPSA) is 53.3 Å². The molecule has 4 heteroatoms. The number of likely N-dealkylation sites (N-methyl/N-ethyl adjacent to an activating group) is 1. The highest BCUT2D eigenvalue weighted by Crippen LogP contribution is 2.37. The first-order chi connectivity index (χ1) is 16.2. The van der Waals surface area contributed by atoms with Gasteiger partial charge in [0.25, 0.3) is 0 Å². The van der Waals surface area contributed by atoms with Crippen LogP contribution in [0.2, 0.25) is 0 Å². The van der Waals surface area contributed by atoms with Crippen LogP contribution in [0.5, 0.6) is 0 Å². The zero-order valence-corrected chi connectivity index (χ0v) is 22.0. The van der Waals surface area contributed by atoms with E-state index in [1.165, 1.54) is 11.1 Å². The maximum atomic E-state index is 12.2. The van der Waals surface area contributed by atoms with Crippen LogP contribution < -0.4 is 0 Å². The third-order valence-corrected chi connectivity index (χ3v) is 6.99. The Morgan fingerprint density at radius 1 is 1.09 bits per heavy atom. The quantitative estimate of drug-likeness (QED) is 0.247. The Morgan fingerprint density at radius 2 is 1.85 bits per heavy atom. The number of nitriles is 1. The number of carbonyl (C=O) groups excluding carboxylic acids is 1. The molecule has 0 radical (unpaired) electrons. The van der Waals surface area contributed by atoms with E-state index in [-0.39, 0.29) is 11.9 Å². The van der Waals surface area contributed by atoms with Crippen LogP contribution in [-0.4, -0.2) is 37.6 Å². The largest absolute Gasteiger partial charge is 0.462 e. The van der Waals surface area contributed by atoms with Crippen molar-refractivity contribution >= 4 is 5.97 Å². The van der Waals surface area contributed by atoms with Crippen LogP contribution in [-0.2, 0) is 16.6 Å². The molecule has 0 spiro atoms. The molecule has 1 atom stereocenters. The van der Waals surface area contributed by atoms with Crippen LogP contribution >= 0.6 is 0 Å². The second-order valence-electron chi connectivity index (χ2n) is 9.88. The summed E-state index contributed by atoms with van der Waals surface area (Å²) >= 11 is 0. The Bertz CT molecular complexity index is 976. The van der Waals surface area contributed by atoms with Crippen molar-refractivity contribution in [1.82, 2.24) is 4.90 Å². The SMILES string of the molecule is CCCCOC(=O)c1cccc(CCN(C)CCCC(C#N)(c2ccc(C)c(C)c2)C(C)C)c1. The minimum Gasteiger partial charge on any atom is -0.462 e. The van der Waals surface area contributed by atoms with Crippen LogP contribution in [0.3, 0.4) is 0 Å². The van der Waals surface area contributed by atoms with Crippen LogP contribution in [0.1, 0.15) is 79.1 Å². The number of rotatable bonds is 13. The molecular weight excluding hydrogens is 420 g/mol. The molecule has 0 amide bonds. The van der Waals surface area contributed by atoms with Crippen molar-refractivity contribution in [3.8, 4) is 6.07 Å². The van der Waals surface area contributed by atoms with E-state index in [4.69, 9.17) is 4.74 Å². The van der Waals surface area contributed by atoms with Gasteiger partial charge < -0.3 is 9.64 Å². The summed E-state index contributed by atoms with van der Waals surface area (Å²) < 4.78 is 5.34. The van der Waals surface area contributed by atoms with Gasteiger partial charge in [0.2, 0.25) is 0 Å². The Kier molecular flexibility index (Phi) is 10.8. The molecule has 4 nitrogen and oxygen atoms in total. The molecule has 0 aliphatic heterocycles. The van der Waals surface area contributed by atoms with Gasteiger partial charge in [0.05, 0.1) is 23.7 Å². The number of carbonyl (C=O) groups is 1. The Balaban J connectivity index is 1.92. The summed E-state index contributed by atoms with van der Waals surface area (Å²) in [6.45, 7) is 12.9. The van der Waals surface area contributed by atoms with E-state index in [1.807, 2.05) is 18.2 Å². The molecule has 0 heterocycles. The van der Waals surface area contributed by atoms with Gasteiger partial charge in [0, 0.05) is 6.54 Å². The number of hydrogen-bond donors (Lipinski definition) is 0. The van der Waals surface area contributed by atoms with E-state index in [1.54, 1.807) is 0 Å². The lowest BCUT2D eigenvalue weighted by Crippen LogP contribution is -2.32. The zero-order valence-electron chi connectivity index (χ0n) is 22.0. The summed E-state index contributed by atoms with van der Waals surface area (Å²) in [7, 11) is 2.13. The first kappa shape index (κ1) is 27.6. The molecule has 1 unspecified atom stereocenters. The van der Waals surface area contributed by atoms with E-state index >= 15 is 0 Å². The molecule has 0 saturated heterocycles. The summed E-state index contributed by atoms with van der Waals surface area (Å²) in [5.41, 5.74) is 4.94. The maximum absolute atomic E-state index is 12.2. The van der Waals surface area contributed by atoms with Gasteiger partial charge in [0.1, 0.15) is 0 Å². The summed E-state index contributed by atoms with van der Waals surface area (Å²) in [4.78, 5) is 14.5. The highest BCUT2D eigenvalue weighted by molar-refractivity contribution is 5.89. The van der Waals surface area contributed by atoms with Crippen LogP contribution in [0, 0.1) is 31.1 Å². The van der Waals surface area contributed by atoms with Crippen molar-refractivity contribution in [3.05, 3.63) is 70.3 Å². The average Bonchev–Trinajstić information content (AvgIpc) is 2.82. The monoisotopic (exact) mass is 462 g/mol. The minimum absolute atomic E-state index is 0.239. The first-order valence-corrected chi connectivity index (χ1v) is 12.7. The summed E-state index contributed by atoms with van der Waals surface area (Å²) in [6.07, 6.45) is 4.57. The fourth-order valence-corrected chi connectivity index (χ4v) is 4.34. The molecule has 0 fully saturated rings. The molecule has 0 bridgehead atoms. The normalized spacial score (nSPS) is 13.0. The lowest BCUT2D eigenvalue weighted by atomic mass is 9.69. The van der Waals surface area contributed by atoms with Crippen molar-refractivity contribution in [3.63, 3.8) is 0 Å². The van der Waals surface area contributed by atoms with Gasteiger partial charge in [-0.1, -0.05) is 57.5 Å². The molecular formula is C30H42N2O2. The Hall–Kier alpha value is -2.64. The van der Waals surface area contributed by atoms with Crippen LogP contribution in [0.4, 0.5) is 0 Å². The molecule has 2 aromatic carbocycles. The number of nitrogens with zero attached hydrogens (tertiary/aromatic N) is 2. The van der Waals surface area contributed by atoms with Gasteiger partial charge in [-0.25, -0.2) is 4.79 Å². The molecule has 0 aliphatic carbocycles. The standard InChI is InChI=1S/C30H42N2O2/c1-7-8-19-34-29(33)27-12-9-11-26(21-27)15-18-32(6)17-10-16-30(22-31,23(2)3)28-14-13-24(4)25(5)20-28/h9,11-14,20-21,23H,7-8,10,15-19H2,1-6H3. The van der Waals surface area contributed by atoms with E-state index in [0.29, 0.717) is 12.2 Å². The number of esters is 1. The molecule has 2 rings (SSSR count). The van der Waals surface area contributed by atoms with E-state index in [2.05, 4.69) is 76.9 Å². The average molecular weight is 463 g/mol. The second-order valence-corrected chi connectivity index (χ2v) is 9.88. The molecule has 0 aromatic heterocycles. The van der Waals surface area contributed by atoms with Gasteiger partial charge >= 0.3 is 5.97 Å². The van der Waals surface area contributed by atoms with Crippen molar-refractivity contribution in [2.24, 2.45) is 5.92 Å². The van der Waals surface area contributed by atoms with Crippen molar-refractivity contribution in [2.45, 2.75) is 72.1 Å². The maximum Gasteiger partial charge on any atom is 0.338 e. The molecule has 34 heavy (non-hydrogen) atoms. The number of benzene rings is 2. The second kappa shape index (κ2) is 13.3. The van der Waals surface area contributed by atoms with Gasteiger partial charge in [0.15, 0.2) is 0 Å². The minimum atomic E-state index is -0.466. The molecule has 0 aliphatic rings. The lowest BCUT2D eigenvalue weighted by molar-refractivity contribution is 0.0499. The molecule has 184 valence electrons. The zero-order chi connectivity index (χ0) is 25.1. The number of ether oxygens (including phenoxy) is 1. The van der Waals surface area contributed by atoms with Crippen molar-refractivity contribution < 1.29 is 9.53 Å². The number of aryl methyl sites for hydroxylation is 2. The van der Waals surface area contributed by atoms with Crippen LogP contribution in [0.15, 0.2) is 42.5 Å². The van der Waals surface area contributed by atoms with Gasteiger partial charge in [-0.05, 0) is 93.4 Å². The van der Waals surface area contributed by atoms with Crippen molar-refractivity contribution in [2.75, 3.05) is 26.7 Å². The summed E-state index contributed by atoms with van der Waals surface area (Å²) in [5, 5.41) is 10.2. The van der Waals surface area contributed by atoms with Crippen LogP contribution in [0.25, 0.3) is 0 Å². The van der Waals surface area contributed by atoms with E-state index < -0.39 is 5.41 Å². The lowest BCUT2D eigenvalue weighted by Gasteiger charge is -2.32. The molecule has 0 saturated carbocycles. The predicted octanol–water partition coefficient (Wildman–Crippen LogP) is 6.63. The number of unbranched alkanes of at least 4 members (excludes halogenated alkanes) is 1. The van der Waals surface area contributed by atoms with Gasteiger partial charge in [-0.15, -0.1) is 0 Å².